The summed E-state index contributed by atoms with van der Waals surface area (Å²) in [6.07, 6.45) is 0.215. The molecule has 1 unspecified atom stereocenters. The van der Waals surface area contributed by atoms with E-state index in [2.05, 4.69) is 4.98 Å². The molecular formula is C12H11ClN2O3S2. The number of nitrogens with zero attached hydrogens (tertiary/aromatic N) is 2. The summed E-state index contributed by atoms with van der Waals surface area (Å²) >= 11 is 1.51. The number of carbonyl (C=O) groups is 1. The van der Waals surface area contributed by atoms with Crippen LogP contribution in [0.15, 0.2) is 23.7 Å². The van der Waals surface area contributed by atoms with Crippen LogP contribution in [0, 0.1) is 5.92 Å². The van der Waals surface area contributed by atoms with Crippen LogP contribution in [0.3, 0.4) is 0 Å². The molecule has 1 aromatic carbocycles. The van der Waals surface area contributed by atoms with Crippen LogP contribution < -0.4 is 4.90 Å². The highest BCUT2D eigenvalue weighted by molar-refractivity contribution is 8.13. The standard InChI is InChI=1S/C12H11ClN2O3S2/c13-20(17,18)6-8-3-12(16)15(5-8)9-1-2-10-11(4-9)19-7-14-10/h1-2,4,7-8H,3,5-6H2. The zero-order valence-corrected chi connectivity index (χ0v) is 12.7. The molecule has 5 nitrogen and oxygen atoms in total. The molecule has 1 aliphatic heterocycles. The summed E-state index contributed by atoms with van der Waals surface area (Å²) in [5, 5.41) is 0. The molecule has 1 atom stereocenters. The molecule has 0 spiro atoms. The van der Waals surface area contributed by atoms with Crippen molar-refractivity contribution in [1.29, 1.82) is 0 Å². The molecule has 1 amide bonds. The fourth-order valence-corrected chi connectivity index (χ4v) is 4.47. The highest BCUT2D eigenvalue weighted by atomic mass is 35.7. The number of amides is 1. The molecule has 2 heterocycles. The van der Waals surface area contributed by atoms with E-state index in [1.165, 1.54) is 11.3 Å². The Kier molecular flexibility index (Phi) is 3.43. The van der Waals surface area contributed by atoms with Gasteiger partial charge in [0.15, 0.2) is 0 Å². The van der Waals surface area contributed by atoms with Crippen LogP contribution in [0.1, 0.15) is 6.42 Å². The molecule has 20 heavy (non-hydrogen) atoms. The lowest BCUT2D eigenvalue weighted by Crippen LogP contribution is -2.25. The van der Waals surface area contributed by atoms with Crippen molar-refractivity contribution in [1.82, 2.24) is 4.98 Å². The third-order valence-electron chi connectivity index (χ3n) is 3.27. The van der Waals surface area contributed by atoms with Gasteiger partial charge in [0.1, 0.15) is 0 Å². The van der Waals surface area contributed by atoms with E-state index >= 15 is 0 Å². The van der Waals surface area contributed by atoms with Gasteiger partial charge in [-0.25, -0.2) is 13.4 Å². The number of rotatable bonds is 3. The topological polar surface area (TPSA) is 67.3 Å². The van der Waals surface area contributed by atoms with Crippen molar-refractivity contribution >= 4 is 52.9 Å². The molecule has 106 valence electrons. The Morgan fingerprint density at radius 2 is 2.25 bits per heavy atom. The smallest absolute Gasteiger partial charge is 0.232 e. The predicted molar refractivity (Wildman–Crippen MR) is 79.7 cm³/mol. The van der Waals surface area contributed by atoms with Crippen LogP contribution in [-0.2, 0) is 13.8 Å². The second kappa shape index (κ2) is 4.98. The van der Waals surface area contributed by atoms with Crippen LogP contribution in [0.2, 0.25) is 0 Å². The monoisotopic (exact) mass is 330 g/mol. The Hall–Kier alpha value is -1.18. The Morgan fingerprint density at radius 3 is 3.00 bits per heavy atom. The highest BCUT2D eigenvalue weighted by Gasteiger charge is 2.33. The zero-order valence-electron chi connectivity index (χ0n) is 10.3. The average Bonchev–Trinajstić information content (AvgIpc) is 2.92. The van der Waals surface area contributed by atoms with Crippen LogP contribution in [0.25, 0.3) is 10.2 Å². The second-order valence-electron chi connectivity index (χ2n) is 4.78. The summed E-state index contributed by atoms with van der Waals surface area (Å²) in [4.78, 5) is 17.8. The Morgan fingerprint density at radius 1 is 1.45 bits per heavy atom. The molecule has 0 saturated carbocycles. The van der Waals surface area contributed by atoms with Gasteiger partial charge in [0.25, 0.3) is 0 Å². The minimum absolute atomic E-state index is 0.0702. The van der Waals surface area contributed by atoms with E-state index in [9.17, 15) is 13.2 Å². The maximum absolute atomic E-state index is 12.0. The Labute approximate surface area is 124 Å². The fourth-order valence-electron chi connectivity index (χ4n) is 2.44. The predicted octanol–water partition coefficient (Wildman–Crippen LogP) is 2.22. The van der Waals surface area contributed by atoms with Gasteiger partial charge in [-0.3, -0.25) is 4.79 Å². The van der Waals surface area contributed by atoms with Crippen molar-refractivity contribution in [3.63, 3.8) is 0 Å². The first kappa shape index (κ1) is 13.8. The molecule has 3 rings (SSSR count). The lowest BCUT2D eigenvalue weighted by molar-refractivity contribution is -0.117. The third-order valence-corrected chi connectivity index (χ3v) is 5.31. The van der Waals surface area contributed by atoms with Crippen molar-refractivity contribution in [2.75, 3.05) is 17.2 Å². The zero-order chi connectivity index (χ0) is 14.3. The number of thiazole rings is 1. The van der Waals surface area contributed by atoms with Gasteiger partial charge in [0, 0.05) is 35.3 Å². The van der Waals surface area contributed by atoms with Gasteiger partial charge in [-0.05, 0) is 18.2 Å². The second-order valence-corrected chi connectivity index (χ2v) is 8.49. The van der Waals surface area contributed by atoms with E-state index in [1.807, 2.05) is 18.2 Å². The number of aromatic nitrogens is 1. The van der Waals surface area contributed by atoms with Gasteiger partial charge >= 0.3 is 0 Å². The summed E-state index contributed by atoms with van der Waals surface area (Å²) in [6, 6.07) is 5.60. The van der Waals surface area contributed by atoms with Crippen LogP contribution >= 0.6 is 22.0 Å². The van der Waals surface area contributed by atoms with Crippen LogP contribution in [0.5, 0.6) is 0 Å². The molecule has 2 aromatic rings. The molecule has 1 saturated heterocycles. The normalized spacial score (nSPS) is 19.9. The first-order valence-corrected chi connectivity index (χ1v) is 9.34. The maximum atomic E-state index is 12.0. The number of anilines is 1. The van der Waals surface area contributed by atoms with E-state index in [1.54, 1.807) is 10.4 Å². The van der Waals surface area contributed by atoms with Crippen molar-refractivity contribution in [3.05, 3.63) is 23.7 Å². The van der Waals surface area contributed by atoms with Crippen LogP contribution in [-0.4, -0.2) is 31.6 Å². The molecule has 0 bridgehead atoms. The SMILES string of the molecule is O=C1CC(CS(=O)(=O)Cl)CN1c1ccc2ncsc2c1. The molecule has 1 aliphatic rings. The van der Waals surface area contributed by atoms with Crippen molar-refractivity contribution < 1.29 is 13.2 Å². The highest BCUT2D eigenvalue weighted by Crippen LogP contribution is 2.30. The van der Waals surface area contributed by atoms with E-state index < -0.39 is 9.05 Å². The minimum Gasteiger partial charge on any atom is -0.312 e. The van der Waals surface area contributed by atoms with E-state index in [0.717, 1.165) is 15.9 Å². The molecule has 0 N–H and O–H groups in total. The van der Waals surface area contributed by atoms with Crippen molar-refractivity contribution in [2.24, 2.45) is 5.92 Å². The van der Waals surface area contributed by atoms with Gasteiger partial charge < -0.3 is 4.90 Å². The molecule has 0 radical (unpaired) electrons. The maximum Gasteiger partial charge on any atom is 0.232 e. The molecule has 1 fully saturated rings. The van der Waals surface area contributed by atoms with E-state index in [4.69, 9.17) is 10.7 Å². The minimum atomic E-state index is -3.58. The average molecular weight is 331 g/mol. The quantitative estimate of drug-likeness (QED) is 0.809. The van der Waals surface area contributed by atoms with E-state index in [-0.39, 0.29) is 24.0 Å². The number of fused-ring (bicyclic) bond motifs is 1. The molecule has 1 aromatic heterocycles. The number of halogens is 1. The van der Waals surface area contributed by atoms with Crippen LogP contribution in [0.4, 0.5) is 5.69 Å². The van der Waals surface area contributed by atoms with Crippen molar-refractivity contribution in [2.45, 2.75) is 6.42 Å². The van der Waals surface area contributed by atoms with Gasteiger partial charge in [-0.15, -0.1) is 11.3 Å². The summed E-state index contributed by atoms with van der Waals surface area (Å²) in [5.41, 5.74) is 3.43. The molecule has 8 heteroatoms. The number of carbonyl (C=O) groups excluding carboxylic acids is 1. The van der Waals surface area contributed by atoms with Gasteiger partial charge in [0.2, 0.25) is 15.0 Å². The molecular weight excluding hydrogens is 320 g/mol. The van der Waals surface area contributed by atoms with Crippen molar-refractivity contribution in [3.8, 4) is 0 Å². The lowest BCUT2D eigenvalue weighted by Gasteiger charge is -2.16. The number of hydrogen-bond acceptors (Lipinski definition) is 5. The Bertz CT molecular complexity index is 772. The summed E-state index contributed by atoms with van der Waals surface area (Å²) in [6.45, 7) is 0.384. The first-order chi connectivity index (χ1) is 9.42. The number of hydrogen-bond donors (Lipinski definition) is 0. The molecule has 0 aliphatic carbocycles. The van der Waals surface area contributed by atoms with Gasteiger partial charge in [0.05, 0.1) is 21.5 Å². The summed E-state index contributed by atoms with van der Waals surface area (Å²) < 4.78 is 23.2. The summed E-state index contributed by atoms with van der Waals surface area (Å²) in [7, 11) is 1.68. The van der Waals surface area contributed by atoms with Gasteiger partial charge in [-0.1, -0.05) is 0 Å². The largest absolute Gasteiger partial charge is 0.312 e. The summed E-state index contributed by atoms with van der Waals surface area (Å²) in [5.74, 6) is -0.485. The first-order valence-electron chi connectivity index (χ1n) is 5.98. The van der Waals surface area contributed by atoms with E-state index in [0.29, 0.717) is 6.54 Å². The lowest BCUT2D eigenvalue weighted by atomic mass is 10.1. The number of benzene rings is 1. The fraction of sp³-hybridized carbons (Fsp3) is 0.333. The Balaban J connectivity index is 1.85. The third kappa shape index (κ3) is 2.79. The van der Waals surface area contributed by atoms with Gasteiger partial charge in [-0.2, -0.15) is 0 Å².